The zero-order valence-electron chi connectivity index (χ0n) is 67.5. The number of benzene rings is 4. The number of ketones is 3. The number of carbonyl (C=O) groups is 4. The monoisotopic (exact) mass is 1670 g/mol. The van der Waals surface area contributed by atoms with Crippen LogP contribution in [0, 0.1) is 5.92 Å². The number of carbonyl (C=O) groups excluding carboxylic acids is 4. The number of primary amides is 1. The molecule has 38 nitrogen and oxygen atoms in total. The summed E-state index contributed by atoms with van der Waals surface area (Å²) in [5.74, 6) is -1.07. The topological polar surface area (TPSA) is 530 Å². The SMILES string of the molecule is CC(=O)c1cnc(N[C@@H]2CCCC(C)[C@@H]2N)nc1Nc1cccc(-n2nccn2)c1.CC(=O)c1cnc(N[C@@H]2CCCC(F)(F)[C@@H]2N)nc1Nc1cccc(-n2nccn2)c1.CC(=O)c1cnc(N[C@@H]2CCCC(F)[C@@H]2N)nc1Nc1cccc(-n2nccn2)c1.COC1CCC[C@@H](Nc2ncc(C(N)=O)c(Nc3cccc(-n4nccn4)c3)n2)[C@H]1N. The lowest BCUT2D eigenvalue weighted by molar-refractivity contribution is -0.0555. The number of nitrogens with zero attached hydrogens (tertiary/aromatic N) is 20. The Balaban J connectivity index is 0.000000140. The second kappa shape index (κ2) is 39.9. The molecule has 122 heavy (non-hydrogen) atoms. The van der Waals surface area contributed by atoms with Crippen molar-refractivity contribution in [3.63, 3.8) is 0 Å². The summed E-state index contributed by atoms with van der Waals surface area (Å²) >= 11 is 0. The number of Topliss-reactive ketones (excluding diaryl/α,β-unsaturated/α-hetero) is 3. The van der Waals surface area contributed by atoms with Gasteiger partial charge in [-0.1, -0.05) is 37.6 Å². The smallest absolute Gasteiger partial charge is 0.264 e. The van der Waals surface area contributed by atoms with Crippen molar-refractivity contribution in [2.75, 3.05) is 49.6 Å². The second-order valence-corrected chi connectivity index (χ2v) is 29.8. The van der Waals surface area contributed by atoms with Crippen LogP contribution in [0.2, 0.25) is 0 Å². The molecule has 0 aliphatic heterocycles. The molecule has 8 heterocycles. The molecule has 0 bridgehead atoms. The van der Waals surface area contributed by atoms with Crippen molar-refractivity contribution >= 4 is 93.1 Å². The summed E-state index contributed by atoms with van der Waals surface area (Å²) < 4.78 is 47.4. The standard InChI is InChI=1S/C21H26N8O.C20H22F2N8O.C20H23FN8O.C20H25N9O2/c1-13-5-3-8-18(19(13)22)27-21-23-12-17(14(2)30)20(28-21)26-15-6-4-7-16(11-15)29-24-9-10-25-29;1-12(31)15-11-24-19(28-16-6-3-7-20(21,22)17(16)23)29-18(15)27-13-4-2-5-14(10-13)30-25-8-9-26-30;1-12(30)15-11-23-20(27-17-7-3-6-16(21)18(17)22)28-19(15)26-13-4-2-5-14(10-13)29-24-8-9-25-29;1-31-16-7-3-6-15(17(16)21)27-20-23-11-14(18(22)30)19(28-20)26-12-4-2-5-13(10-12)29-24-8-9-25-29/h4,6-7,9-13,18-19H,3,5,8,22H2,1-2H3,(H2,23,26,27,28);2,4-5,8-11,16-17H,3,6-7,23H2,1H3,(H2,24,27,28,29);2,4-5,8-11,16-18H,3,6-7,22H2,1H3,(H2,23,26,27,28);2,4-5,8-11,15-17H,3,6-7,21H2,1H3,(H2,22,30)(H2,23,26,27,28)/t13?,18-,19+;16-,17-;16?,17-,18+;15-,16?,17-/m1111/s1. The Bertz CT molecular complexity index is 5340. The Morgan fingerprint density at radius 1 is 0.418 bits per heavy atom. The van der Waals surface area contributed by atoms with E-state index in [2.05, 4.69) is 130 Å². The predicted octanol–water partition coefficient (Wildman–Crippen LogP) is 9.70. The van der Waals surface area contributed by atoms with Crippen molar-refractivity contribution in [3.05, 3.63) is 194 Å². The molecular formula is C81H96F3N33O5. The molecule has 12 aromatic rings. The van der Waals surface area contributed by atoms with E-state index in [-0.39, 0.29) is 83.0 Å². The summed E-state index contributed by atoms with van der Waals surface area (Å²) in [7, 11) is 1.67. The van der Waals surface area contributed by atoms with Crippen LogP contribution in [-0.4, -0.2) is 197 Å². The summed E-state index contributed by atoms with van der Waals surface area (Å²) in [6.45, 7) is 6.52. The molecule has 4 fully saturated rings. The highest BCUT2D eigenvalue weighted by atomic mass is 19.3. The third-order valence-electron chi connectivity index (χ3n) is 21.2. The van der Waals surface area contributed by atoms with Crippen molar-refractivity contribution in [1.82, 2.24) is 99.8 Å². The van der Waals surface area contributed by atoms with Crippen LogP contribution in [0.3, 0.4) is 0 Å². The van der Waals surface area contributed by atoms with Gasteiger partial charge in [-0.15, -0.1) is 0 Å². The molecule has 0 saturated heterocycles. The first-order chi connectivity index (χ1) is 58.9. The Hall–Kier alpha value is -13.8. The molecule has 0 spiro atoms. The first-order valence-corrected chi connectivity index (χ1v) is 39.8. The van der Waals surface area contributed by atoms with Gasteiger partial charge >= 0.3 is 0 Å². The number of halogens is 3. The maximum absolute atomic E-state index is 14.0. The molecule has 8 aromatic heterocycles. The van der Waals surface area contributed by atoms with E-state index >= 15 is 0 Å². The number of aromatic nitrogens is 20. The summed E-state index contributed by atoms with van der Waals surface area (Å²) in [5.41, 5.74) is 37.0. The molecule has 4 aliphatic carbocycles. The molecule has 4 aromatic carbocycles. The first kappa shape index (κ1) is 86.1. The average molecular weight is 1670 g/mol. The number of nitrogens with one attached hydrogen (secondary N) is 8. The largest absolute Gasteiger partial charge is 0.380 e. The van der Waals surface area contributed by atoms with Gasteiger partial charge < -0.3 is 75.9 Å². The Kier molecular flexibility index (Phi) is 28.1. The van der Waals surface area contributed by atoms with Crippen LogP contribution in [0.15, 0.2) is 171 Å². The Labute approximate surface area is 698 Å². The molecule has 4 aliphatic rings. The van der Waals surface area contributed by atoms with Crippen molar-refractivity contribution in [1.29, 1.82) is 0 Å². The maximum Gasteiger partial charge on any atom is 0.264 e. The van der Waals surface area contributed by atoms with Crippen LogP contribution in [-0.2, 0) is 4.74 Å². The van der Waals surface area contributed by atoms with Crippen molar-refractivity contribution in [3.8, 4) is 22.7 Å². The normalized spacial score (nSPS) is 20.9. The van der Waals surface area contributed by atoms with Gasteiger partial charge in [0.15, 0.2) is 17.3 Å². The molecule has 3 unspecified atom stereocenters. The zero-order valence-corrected chi connectivity index (χ0v) is 67.5. The fourth-order valence-electron chi connectivity index (χ4n) is 14.5. The lowest BCUT2D eigenvalue weighted by atomic mass is 9.83. The van der Waals surface area contributed by atoms with Crippen LogP contribution in [0.4, 0.5) is 83.0 Å². The highest BCUT2D eigenvalue weighted by Gasteiger charge is 2.45. The minimum atomic E-state index is -2.95. The molecule has 16 rings (SSSR count). The highest BCUT2D eigenvalue weighted by molar-refractivity contribution is 6.01. The van der Waals surface area contributed by atoms with E-state index in [4.69, 9.17) is 33.4 Å². The van der Waals surface area contributed by atoms with E-state index in [1.165, 1.54) is 58.5 Å². The van der Waals surface area contributed by atoms with Gasteiger partial charge in [0, 0.05) is 85.2 Å². The van der Waals surface area contributed by atoms with Gasteiger partial charge in [0.05, 0.1) is 119 Å². The van der Waals surface area contributed by atoms with E-state index in [1.807, 2.05) is 78.9 Å². The van der Waals surface area contributed by atoms with Crippen LogP contribution >= 0.6 is 0 Å². The Morgan fingerprint density at radius 3 is 1.08 bits per heavy atom. The van der Waals surface area contributed by atoms with E-state index in [0.717, 1.165) is 74.1 Å². The molecule has 4 saturated carbocycles. The summed E-state index contributed by atoms with van der Waals surface area (Å²) in [4.78, 5) is 89.0. The number of methoxy groups -OCH3 is 1. The lowest BCUT2D eigenvalue weighted by Gasteiger charge is -2.35. The molecule has 636 valence electrons. The molecule has 1 amide bonds. The number of alkyl halides is 3. The van der Waals surface area contributed by atoms with Gasteiger partial charge in [0.2, 0.25) is 23.8 Å². The molecule has 18 N–H and O–H groups in total. The predicted molar refractivity (Wildman–Crippen MR) is 452 cm³/mol. The number of ether oxygens (including phenoxy) is 1. The van der Waals surface area contributed by atoms with Gasteiger partial charge in [0.1, 0.15) is 35.0 Å². The van der Waals surface area contributed by atoms with E-state index in [0.29, 0.717) is 94.4 Å². The molecule has 41 heteroatoms. The fraction of sp³-hybridized carbons (Fsp3) is 0.358. The van der Waals surface area contributed by atoms with Crippen molar-refractivity contribution in [2.45, 2.75) is 171 Å². The molecular weight excluding hydrogens is 1570 g/mol. The van der Waals surface area contributed by atoms with Gasteiger partial charge in [-0.25, -0.2) is 33.1 Å². The van der Waals surface area contributed by atoms with Crippen molar-refractivity contribution in [2.24, 2.45) is 34.6 Å². The minimum absolute atomic E-state index is 0.0209. The zero-order chi connectivity index (χ0) is 86.0. The van der Waals surface area contributed by atoms with Gasteiger partial charge in [0.25, 0.3) is 11.8 Å². The van der Waals surface area contributed by atoms with Crippen LogP contribution in [0.1, 0.15) is 146 Å². The Morgan fingerprint density at radius 2 is 0.730 bits per heavy atom. The first-order valence-electron chi connectivity index (χ1n) is 39.8. The van der Waals surface area contributed by atoms with Crippen LogP contribution in [0.25, 0.3) is 22.7 Å². The van der Waals surface area contributed by atoms with Crippen LogP contribution < -0.4 is 71.2 Å². The van der Waals surface area contributed by atoms with Crippen LogP contribution in [0.5, 0.6) is 0 Å². The summed E-state index contributed by atoms with van der Waals surface area (Å²) in [6, 6.07) is 26.6. The maximum atomic E-state index is 14.0. The average Bonchev–Trinajstić information content (AvgIpc) is 0.872. The lowest BCUT2D eigenvalue weighted by Crippen LogP contribution is -2.55. The quantitative estimate of drug-likeness (QED) is 0.0237. The van der Waals surface area contributed by atoms with E-state index in [9.17, 15) is 32.3 Å². The van der Waals surface area contributed by atoms with E-state index in [1.54, 1.807) is 81.1 Å². The van der Waals surface area contributed by atoms with Gasteiger partial charge in [-0.05, 0) is 164 Å². The number of hydrogen-bond donors (Lipinski definition) is 13. The van der Waals surface area contributed by atoms with Gasteiger partial charge in [-0.3, -0.25) is 19.2 Å². The molecule has 11 atom stereocenters. The number of nitrogens with two attached hydrogens (primary N) is 5. The highest BCUT2D eigenvalue weighted by Crippen LogP contribution is 2.36. The number of hydrogen-bond acceptors (Lipinski definition) is 33. The minimum Gasteiger partial charge on any atom is -0.380 e. The number of rotatable bonds is 25. The third kappa shape index (κ3) is 22.0. The molecule has 0 radical (unpaired) electrons. The van der Waals surface area contributed by atoms with E-state index < -0.39 is 36.1 Å². The summed E-state index contributed by atoms with van der Waals surface area (Å²) in [5, 5.41) is 58.3. The summed E-state index contributed by atoms with van der Waals surface area (Å²) in [6.07, 6.45) is 26.0. The third-order valence-corrected chi connectivity index (χ3v) is 21.2. The number of anilines is 12. The van der Waals surface area contributed by atoms with Crippen molar-refractivity contribution < 1.29 is 37.1 Å². The fourth-order valence-corrected chi connectivity index (χ4v) is 14.5. The second-order valence-electron chi connectivity index (χ2n) is 29.8. The van der Waals surface area contributed by atoms with Gasteiger partial charge in [-0.2, -0.15) is 79.9 Å². The number of amides is 1.